The fraction of sp³-hybridized carbons (Fsp3) is 0.125. The molecule has 0 aliphatic heterocycles. The predicted molar refractivity (Wildman–Crippen MR) is 96.7 cm³/mol. The average molecular weight is 347 g/mol. The standard InChI is InChI=1S/C16H14N2OS3/c19-15(17-13-4-2-1-3-5-13)11-21-9-14-10-22-16(18-14)12-6-7-20-8-12/h1-8,10H,9,11H2,(H,17,19). The highest BCUT2D eigenvalue weighted by Crippen LogP contribution is 2.27. The van der Waals surface area contributed by atoms with E-state index in [9.17, 15) is 4.79 Å². The number of carbonyl (C=O) groups excluding carboxylic acids is 1. The minimum absolute atomic E-state index is 0.0180. The van der Waals surface area contributed by atoms with Crippen molar-refractivity contribution < 1.29 is 4.79 Å². The molecule has 0 fully saturated rings. The van der Waals surface area contributed by atoms with Crippen molar-refractivity contribution in [1.82, 2.24) is 4.98 Å². The first-order chi connectivity index (χ1) is 10.8. The fourth-order valence-electron chi connectivity index (χ4n) is 1.86. The van der Waals surface area contributed by atoms with Crippen LogP contribution in [0.4, 0.5) is 5.69 Å². The van der Waals surface area contributed by atoms with Gasteiger partial charge < -0.3 is 5.32 Å². The molecule has 0 radical (unpaired) electrons. The lowest BCUT2D eigenvalue weighted by atomic mass is 10.3. The molecule has 0 unspecified atom stereocenters. The molecule has 2 aromatic heterocycles. The van der Waals surface area contributed by atoms with Crippen molar-refractivity contribution in [2.75, 3.05) is 11.1 Å². The van der Waals surface area contributed by atoms with Crippen LogP contribution in [-0.2, 0) is 10.5 Å². The van der Waals surface area contributed by atoms with Crippen LogP contribution in [0.5, 0.6) is 0 Å². The number of nitrogens with one attached hydrogen (secondary N) is 1. The maximum absolute atomic E-state index is 11.8. The van der Waals surface area contributed by atoms with Gasteiger partial charge in [-0.05, 0) is 23.6 Å². The van der Waals surface area contributed by atoms with E-state index in [1.54, 1.807) is 34.4 Å². The van der Waals surface area contributed by atoms with Crippen molar-refractivity contribution in [2.45, 2.75) is 5.75 Å². The first-order valence-corrected chi connectivity index (χ1v) is 9.68. The van der Waals surface area contributed by atoms with Gasteiger partial charge in [0, 0.05) is 27.8 Å². The lowest BCUT2D eigenvalue weighted by Gasteiger charge is -2.03. The number of para-hydroxylation sites is 1. The molecule has 1 amide bonds. The number of thioether (sulfide) groups is 1. The third-order valence-electron chi connectivity index (χ3n) is 2.86. The smallest absolute Gasteiger partial charge is 0.234 e. The van der Waals surface area contributed by atoms with Gasteiger partial charge in [-0.15, -0.1) is 23.1 Å². The quantitative estimate of drug-likeness (QED) is 0.701. The van der Waals surface area contributed by atoms with Crippen LogP contribution in [0.25, 0.3) is 10.6 Å². The van der Waals surface area contributed by atoms with Crippen LogP contribution in [0.2, 0.25) is 0 Å². The summed E-state index contributed by atoms with van der Waals surface area (Å²) in [6.07, 6.45) is 0. The van der Waals surface area contributed by atoms with Crippen LogP contribution < -0.4 is 5.32 Å². The molecule has 22 heavy (non-hydrogen) atoms. The highest BCUT2D eigenvalue weighted by Gasteiger charge is 2.07. The number of anilines is 1. The largest absolute Gasteiger partial charge is 0.325 e. The van der Waals surface area contributed by atoms with Gasteiger partial charge in [0.05, 0.1) is 11.4 Å². The Morgan fingerprint density at radius 3 is 2.82 bits per heavy atom. The highest BCUT2D eigenvalue weighted by atomic mass is 32.2. The summed E-state index contributed by atoms with van der Waals surface area (Å²) in [6, 6.07) is 11.6. The van der Waals surface area contributed by atoms with Gasteiger partial charge in [-0.3, -0.25) is 4.79 Å². The molecule has 6 heteroatoms. The topological polar surface area (TPSA) is 42.0 Å². The van der Waals surface area contributed by atoms with Gasteiger partial charge >= 0.3 is 0 Å². The van der Waals surface area contributed by atoms with Crippen molar-refractivity contribution in [3.05, 3.63) is 58.2 Å². The highest BCUT2D eigenvalue weighted by molar-refractivity contribution is 7.99. The number of thiazole rings is 1. The molecule has 1 aromatic carbocycles. The molecule has 112 valence electrons. The molecule has 0 spiro atoms. The average Bonchev–Trinajstić information content (AvgIpc) is 3.19. The number of carbonyl (C=O) groups is 1. The Morgan fingerprint density at radius 1 is 1.18 bits per heavy atom. The number of hydrogen-bond donors (Lipinski definition) is 1. The van der Waals surface area contributed by atoms with Gasteiger partial charge in [0.1, 0.15) is 5.01 Å². The molecule has 0 bridgehead atoms. The van der Waals surface area contributed by atoms with Crippen molar-refractivity contribution >= 4 is 46.0 Å². The molecular weight excluding hydrogens is 332 g/mol. The maximum Gasteiger partial charge on any atom is 0.234 e. The number of amides is 1. The van der Waals surface area contributed by atoms with Crippen LogP contribution in [0.15, 0.2) is 52.5 Å². The number of aromatic nitrogens is 1. The second kappa shape index (κ2) is 7.58. The zero-order valence-corrected chi connectivity index (χ0v) is 14.1. The molecular formula is C16H14N2OS3. The molecule has 3 aromatic rings. The lowest BCUT2D eigenvalue weighted by molar-refractivity contribution is -0.113. The normalized spacial score (nSPS) is 10.5. The van der Waals surface area contributed by atoms with Crippen LogP contribution >= 0.6 is 34.4 Å². The van der Waals surface area contributed by atoms with E-state index in [1.165, 1.54) is 5.56 Å². The predicted octanol–water partition coefficient (Wildman–Crippen LogP) is 4.74. The minimum Gasteiger partial charge on any atom is -0.325 e. The van der Waals surface area contributed by atoms with E-state index >= 15 is 0 Å². The van der Waals surface area contributed by atoms with Crippen LogP contribution in [-0.4, -0.2) is 16.6 Å². The van der Waals surface area contributed by atoms with Gasteiger partial charge in [0.25, 0.3) is 0 Å². The minimum atomic E-state index is 0.0180. The van der Waals surface area contributed by atoms with Gasteiger partial charge in [0.2, 0.25) is 5.91 Å². The van der Waals surface area contributed by atoms with E-state index in [0.29, 0.717) is 5.75 Å². The molecule has 0 saturated carbocycles. The van der Waals surface area contributed by atoms with Gasteiger partial charge in [-0.1, -0.05) is 18.2 Å². The number of thiophene rings is 1. The Labute approximate surface area is 141 Å². The van der Waals surface area contributed by atoms with Crippen molar-refractivity contribution in [2.24, 2.45) is 0 Å². The summed E-state index contributed by atoms with van der Waals surface area (Å²) in [5.74, 6) is 1.20. The van der Waals surface area contributed by atoms with E-state index in [2.05, 4.69) is 32.5 Å². The summed E-state index contributed by atoms with van der Waals surface area (Å²) in [6.45, 7) is 0. The number of rotatable bonds is 6. The molecule has 3 rings (SSSR count). The number of nitrogens with zero attached hydrogens (tertiary/aromatic N) is 1. The maximum atomic E-state index is 11.8. The van der Waals surface area contributed by atoms with E-state index in [1.807, 2.05) is 30.3 Å². The van der Waals surface area contributed by atoms with Gasteiger partial charge in [-0.25, -0.2) is 4.98 Å². The van der Waals surface area contributed by atoms with E-state index in [4.69, 9.17) is 0 Å². The molecule has 1 N–H and O–H groups in total. The second-order valence-corrected chi connectivity index (χ2v) is 7.19. The Kier molecular flexibility index (Phi) is 5.26. The van der Waals surface area contributed by atoms with Crippen molar-refractivity contribution in [3.8, 4) is 10.6 Å². The van der Waals surface area contributed by atoms with E-state index in [0.717, 1.165) is 22.1 Å². The van der Waals surface area contributed by atoms with Gasteiger partial charge in [-0.2, -0.15) is 11.3 Å². The van der Waals surface area contributed by atoms with E-state index < -0.39 is 0 Å². The van der Waals surface area contributed by atoms with Crippen LogP contribution in [0.3, 0.4) is 0 Å². The number of hydrogen-bond acceptors (Lipinski definition) is 5. The van der Waals surface area contributed by atoms with Crippen LogP contribution in [0, 0.1) is 0 Å². The Bertz CT molecular complexity index is 723. The first-order valence-electron chi connectivity index (χ1n) is 6.71. The van der Waals surface area contributed by atoms with Gasteiger partial charge in [0.15, 0.2) is 0 Å². The zero-order valence-electron chi connectivity index (χ0n) is 11.7. The molecule has 3 nitrogen and oxygen atoms in total. The third-order valence-corrected chi connectivity index (χ3v) is 5.45. The Hall–Kier alpha value is -1.63. The monoisotopic (exact) mass is 346 g/mol. The molecule has 0 aliphatic rings. The Balaban J connectivity index is 1.46. The summed E-state index contributed by atoms with van der Waals surface area (Å²) in [7, 11) is 0. The summed E-state index contributed by atoms with van der Waals surface area (Å²) in [5, 5.41) is 10.1. The summed E-state index contributed by atoms with van der Waals surface area (Å²) in [4.78, 5) is 16.5. The van der Waals surface area contributed by atoms with Crippen molar-refractivity contribution in [1.29, 1.82) is 0 Å². The zero-order chi connectivity index (χ0) is 15.2. The summed E-state index contributed by atoms with van der Waals surface area (Å²) in [5.41, 5.74) is 3.04. The first kappa shape index (κ1) is 15.3. The van der Waals surface area contributed by atoms with Crippen molar-refractivity contribution in [3.63, 3.8) is 0 Å². The molecule has 0 atom stereocenters. The van der Waals surface area contributed by atoms with E-state index in [-0.39, 0.29) is 5.91 Å². The second-order valence-electron chi connectivity index (χ2n) is 4.56. The fourth-order valence-corrected chi connectivity index (χ4v) is 4.21. The van der Waals surface area contributed by atoms with Crippen LogP contribution in [0.1, 0.15) is 5.69 Å². The molecule has 0 aliphatic carbocycles. The Morgan fingerprint density at radius 2 is 2.05 bits per heavy atom. The lowest BCUT2D eigenvalue weighted by Crippen LogP contribution is -2.13. The summed E-state index contributed by atoms with van der Waals surface area (Å²) < 4.78 is 0. The third kappa shape index (κ3) is 4.19. The number of benzene rings is 1. The SMILES string of the molecule is O=C(CSCc1csc(-c2ccsc2)n1)Nc1ccccc1. The molecule has 0 saturated heterocycles. The summed E-state index contributed by atoms with van der Waals surface area (Å²) >= 11 is 4.90. The molecule has 2 heterocycles.